The van der Waals surface area contributed by atoms with Gasteiger partial charge in [0.1, 0.15) is 10.5 Å². The molecule has 0 saturated carbocycles. The highest BCUT2D eigenvalue weighted by Crippen LogP contribution is 2.32. The maximum absolute atomic E-state index is 13.9. The number of hydrogen-bond acceptors (Lipinski definition) is 6. The van der Waals surface area contributed by atoms with Crippen molar-refractivity contribution in [3.63, 3.8) is 0 Å². The van der Waals surface area contributed by atoms with Gasteiger partial charge < -0.3 is 15.0 Å². The lowest BCUT2D eigenvalue weighted by atomic mass is 10.1. The molecule has 0 aliphatic carbocycles. The smallest absolute Gasteiger partial charge is 0.407 e. The summed E-state index contributed by atoms with van der Waals surface area (Å²) in [6.45, 7) is 11.7. The summed E-state index contributed by atoms with van der Waals surface area (Å²) in [5, 5.41) is 7.41. The van der Waals surface area contributed by atoms with Crippen LogP contribution in [0.15, 0.2) is 58.3 Å². The van der Waals surface area contributed by atoms with E-state index in [9.17, 15) is 18.0 Å². The first-order chi connectivity index (χ1) is 18.4. The van der Waals surface area contributed by atoms with Gasteiger partial charge in [0.25, 0.3) is 5.91 Å². The highest BCUT2D eigenvalue weighted by atomic mass is 32.2. The summed E-state index contributed by atoms with van der Waals surface area (Å²) in [5.41, 5.74) is 2.69. The number of aryl methyl sites for hydroxylation is 1. The Balaban J connectivity index is 1.59. The molecule has 3 aromatic rings. The molecular weight excluding hydrogens is 516 g/mol. The van der Waals surface area contributed by atoms with E-state index in [1.165, 1.54) is 0 Å². The molecule has 0 saturated heterocycles. The molecule has 1 aliphatic rings. The summed E-state index contributed by atoms with van der Waals surface area (Å²) in [5.74, 6) is -0.0990. The molecule has 9 nitrogen and oxygen atoms in total. The molecule has 0 bridgehead atoms. The molecule has 1 aromatic heterocycles. The van der Waals surface area contributed by atoms with E-state index in [0.29, 0.717) is 48.6 Å². The van der Waals surface area contributed by atoms with Crippen molar-refractivity contribution in [2.45, 2.75) is 88.9 Å². The third kappa shape index (κ3) is 5.85. The molecule has 2 heterocycles. The van der Waals surface area contributed by atoms with Gasteiger partial charge in [0.15, 0.2) is 0 Å². The number of benzene rings is 2. The van der Waals surface area contributed by atoms with Crippen molar-refractivity contribution in [2.24, 2.45) is 0 Å². The van der Waals surface area contributed by atoms with Crippen molar-refractivity contribution < 1.29 is 22.7 Å². The minimum atomic E-state index is -3.89. The number of hydrogen-bond donors (Lipinski definition) is 1. The quantitative estimate of drug-likeness (QED) is 0.425. The Labute approximate surface area is 230 Å². The monoisotopic (exact) mass is 552 g/mol. The number of nitrogens with zero attached hydrogens (tertiary/aromatic N) is 3. The van der Waals surface area contributed by atoms with E-state index in [0.717, 1.165) is 5.56 Å². The Kier molecular flexibility index (Phi) is 7.88. The minimum absolute atomic E-state index is 0.0990. The molecule has 1 unspecified atom stereocenters. The van der Waals surface area contributed by atoms with Gasteiger partial charge in [0.05, 0.1) is 29.4 Å². The number of nitrogens with one attached hydrogen (secondary N) is 1. The number of carbonyl (C=O) groups is 2. The maximum atomic E-state index is 13.9. The average molecular weight is 553 g/mol. The summed E-state index contributed by atoms with van der Waals surface area (Å²) in [6, 6.07) is 13.6. The Hall–Kier alpha value is -3.66. The molecule has 10 heteroatoms. The Morgan fingerprint density at radius 1 is 1.08 bits per heavy atom. The van der Waals surface area contributed by atoms with Crippen LogP contribution in [0.25, 0.3) is 0 Å². The highest BCUT2D eigenvalue weighted by Gasteiger charge is 2.31. The van der Waals surface area contributed by atoms with Crippen LogP contribution in [0.3, 0.4) is 0 Å². The first-order valence-electron chi connectivity index (χ1n) is 13.2. The molecule has 2 aromatic carbocycles. The largest absolute Gasteiger partial charge is 0.444 e. The van der Waals surface area contributed by atoms with E-state index in [1.54, 1.807) is 60.7 Å². The lowest BCUT2D eigenvalue weighted by molar-refractivity contribution is 0.0503. The zero-order valence-corrected chi connectivity index (χ0v) is 24.1. The maximum Gasteiger partial charge on any atom is 0.407 e. The third-order valence-electron chi connectivity index (χ3n) is 6.51. The number of sulfone groups is 1. The SMILES string of the molecule is CCc1nn(CC(C)NC(=O)OC(C)(C)C)c(CC)c1S(=O)(=O)c1ccc(N2Cc3ccccc3C2=O)cc1. The van der Waals surface area contributed by atoms with Crippen LogP contribution >= 0.6 is 0 Å². The van der Waals surface area contributed by atoms with E-state index < -0.39 is 21.5 Å². The van der Waals surface area contributed by atoms with Crippen molar-refractivity contribution >= 4 is 27.5 Å². The Morgan fingerprint density at radius 3 is 2.33 bits per heavy atom. The van der Waals surface area contributed by atoms with Gasteiger partial charge in [0, 0.05) is 17.3 Å². The fraction of sp³-hybridized carbons (Fsp3) is 0.414. The summed E-state index contributed by atoms with van der Waals surface area (Å²) in [4.78, 5) is 27.1. The van der Waals surface area contributed by atoms with Crippen LogP contribution in [-0.4, -0.2) is 41.8 Å². The molecule has 0 radical (unpaired) electrons. The zero-order chi connectivity index (χ0) is 28.5. The first kappa shape index (κ1) is 28.4. The topological polar surface area (TPSA) is 111 Å². The molecule has 1 atom stereocenters. The number of alkyl carbamates (subject to hydrolysis) is 1. The van der Waals surface area contributed by atoms with Crippen LogP contribution in [0, 0.1) is 0 Å². The van der Waals surface area contributed by atoms with Crippen LogP contribution in [0.5, 0.6) is 0 Å². The van der Waals surface area contributed by atoms with Crippen LogP contribution in [-0.2, 0) is 40.5 Å². The van der Waals surface area contributed by atoms with Crippen molar-refractivity contribution in [1.82, 2.24) is 15.1 Å². The zero-order valence-electron chi connectivity index (χ0n) is 23.3. The predicted molar refractivity (Wildman–Crippen MR) is 149 cm³/mol. The normalized spacial score (nSPS) is 14.3. The van der Waals surface area contributed by atoms with Crippen LogP contribution in [0.2, 0.25) is 0 Å². The van der Waals surface area contributed by atoms with E-state index in [4.69, 9.17) is 4.74 Å². The number of ether oxygens (including phenoxy) is 1. The predicted octanol–water partition coefficient (Wildman–Crippen LogP) is 4.91. The van der Waals surface area contributed by atoms with Gasteiger partial charge in [-0.25, -0.2) is 13.2 Å². The van der Waals surface area contributed by atoms with E-state index in [-0.39, 0.29) is 21.7 Å². The molecule has 39 heavy (non-hydrogen) atoms. The summed E-state index contributed by atoms with van der Waals surface area (Å²) in [7, 11) is -3.89. The van der Waals surface area contributed by atoms with Crippen LogP contribution in [0.4, 0.5) is 10.5 Å². The van der Waals surface area contributed by atoms with Crippen molar-refractivity contribution in [3.05, 3.63) is 71.0 Å². The highest BCUT2D eigenvalue weighted by molar-refractivity contribution is 7.91. The molecule has 2 amide bonds. The standard InChI is InChI=1S/C29H36N4O5S/c1-7-24-26(25(8-2)33(31-24)17-19(3)30-28(35)38-29(4,5)6)39(36,37)22-15-13-21(14-16-22)32-18-20-11-9-10-12-23(20)27(32)34/h9-16,19H,7-8,17-18H2,1-6H3,(H,30,35). The number of rotatable bonds is 8. The van der Waals surface area contributed by atoms with Crippen LogP contribution in [0.1, 0.15) is 68.9 Å². The molecule has 4 rings (SSSR count). The fourth-order valence-corrected chi connectivity index (χ4v) is 6.56. The minimum Gasteiger partial charge on any atom is -0.444 e. The number of fused-ring (bicyclic) bond motifs is 1. The second kappa shape index (κ2) is 10.8. The average Bonchev–Trinajstić information content (AvgIpc) is 3.40. The van der Waals surface area contributed by atoms with Crippen LogP contribution < -0.4 is 10.2 Å². The van der Waals surface area contributed by atoms with Gasteiger partial charge >= 0.3 is 6.09 Å². The van der Waals surface area contributed by atoms with E-state index in [2.05, 4.69) is 10.4 Å². The van der Waals surface area contributed by atoms with Gasteiger partial charge in [0.2, 0.25) is 9.84 Å². The van der Waals surface area contributed by atoms with Gasteiger partial charge in [-0.3, -0.25) is 9.48 Å². The molecular formula is C29H36N4O5S. The van der Waals surface area contributed by atoms with E-state index in [1.807, 2.05) is 39.0 Å². The van der Waals surface area contributed by atoms with Crippen molar-refractivity contribution in [3.8, 4) is 0 Å². The number of anilines is 1. The molecule has 1 N–H and O–H groups in total. The first-order valence-corrected chi connectivity index (χ1v) is 14.7. The number of carbonyl (C=O) groups excluding carboxylic acids is 2. The Bertz CT molecular complexity index is 1490. The summed E-state index contributed by atoms with van der Waals surface area (Å²) < 4.78 is 34.8. The second-order valence-electron chi connectivity index (χ2n) is 10.7. The molecule has 208 valence electrons. The third-order valence-corrected chi connectivity index (χ3v) is 8.41. The number of aromatic nitrogens is 2. The summed E-state index contributed by atoms with van der Waals surface area (Å²) in [6.07, 6.45) is 0.337. The summed E-state index contributed by atoms with van der Waals surface area (Å²) >= 11 is 0. The van der Waals surface area contributed by atoms with Gasteiger partial charge in [-0.2, -0.15) is 5.10 Å². The van der Waals surface area contributed by atoms with Gasteiger partial charge in [-0.15, -0.1) is 0 Å². The second-order valence-corrected chi connectivity index (χ2v) is 12.6. The molecule has 0 fully saturated rings. The molecule has 0 spiro atoms. The Morgan fingerprint density at radius 2 is 1.74 bits per heavy atom. The lowest BCUT2D eigenvalue weighted by Crippen LogP contribution is -2.40. The number of amides is 2. The molecule has 1 aliphatic heterocycles. The van der Waals surface area contributed by atoms with Crippen molar-refractivity contribution in [1.29, 1.82) is 0 Å². The van der Waals surface area contributed by atoms with Crippen molar-refractivity contribution in [2.75, 3.05) is 4.90 Å². The lowest BCUT2D eigenvalue weighted by Gasteiger charge is -2.22. The van der Waals surface area contributed by atoms with Gasteiger partial charge in [-0.1, -0.05) is 32.0 Å². The van der Waals surface area contributed by atoms with E-state index >= 15 is 0 Å². The van der Waals surface area contributed by atoms with Gasteiger partial charge in [-0.05, 0) is 76.4 Å². The fourth-order valence-electron chi connectivity index (χ4n) is 4.77.